The van der Waals surface area contributed by atoms with Crippen molar-refractivity contribution in [2.45, 2.75) is 25.8 Å². The Labute approximate surface area is 91.0 Å². The van der Waals surface area contributed by atoms with E-state index in [0.717, 1.165) is 12.8 Å². The number of rotatable bonds is 5. The number of aromatic nitrogens is 1. The molecule has 1 rings (SSSR count). The summed E-state index contributed by atoms with van der Waals surface area (Å²) in [7, 11) is 2.01. The van der Waals surface area contributed by atoms with Crippen LogP contribution in [0.5, 0.6) is 0 Å². The van der Waals surface area contributed by atoms with Gasteiger partial charge in [-0.3, -0.25) is 4.98 Å². The van der Waals surface area contributed by atoms with Crippen molar-refractivity contribution in [2.24, 2.45) is 0 Å². The maximum Gasteiger partial charge on any atom is 0.0643 e. The van der Waals surface area contributed by atoms with Crippen LogP contribution in [0.1, 0.15) is 31.4 Å². The molecule has 1 aromatic heterocycles. The van der Waals surface area contributed by atoms with Crippen LogP contribution in [0.3, 0.4) is 0 Å². The van der Waals surface area contributed by atoms with Gasteiger partial charge in [0.15, 0.2) is 0 Å². The molecule has 1 aromatic rings. The zero-order valence-electron chi connectivity index (χ0n) is 8.68. The molecule has 1 atom stereocenters. The molecule has 0 fully saturated rings. The van der Waals surface area contributed by atoms with Crippen LogP contribution in [0.2, 0.25) is 0 Å². The van der Waals surface area contributed by atoms with Gasteiger partial charge in [0.05, 0.1) is 11.5 Å². The van der Waals surface area contributed by atoms with Crippen LogP contribution in [0.15, 0.2) is 24.5 Å². The second kappa shape index (κ2) is 5.70. The third kappa shape index (κ3) is 2.77. The lowest BCUT2D eigenvalue weighted by Crippen LogP contribution is -2.22. The van der Waals surface area contributed by atoms with Gasteiger partial charge in [-0.2, -0.15) is 0 Å². The van der Waals surface area contributed by atoms with Crippen LogP contribution in [-0.2, 0) is 0 Å². The van der Waals surface area contributed by atoms with Gasteiger partial charge in [-0.15, -0.1) is 0 Å². The van der Waals surface area contributed by atoms with E-state index < -0.39 is 0 Å². The zero-order valence-corrected chi connectivity index (χ0v) is 9.50. The van der Waals surface area contributed by atoms with E-state index in [0.29, 0.717) is 6.04 Å². The molecule has 0 radical (unpaired) electrons. The number of hydrogen-bond donors (Lipinski definition) is 0. The fourth-order valence-corrected chi connectivity index (χ4v) is 1.67. The third-order valence-electron chi connectivity index (χ3n) is 2.29. The molecule has 2 nitrogen and oxygen atoms in total. The first-order chi connectivity index (χ1) is 6.79. The number of nitrogens with zero attached hydrogens (tertiary/aromatic N) is 2. The Morgan fingerprint density at radius 3 is 2.93 bits per heavy atom. The van der Waals surface area contributed by atoms with E-state index in [1.807, 2.05) is 19.3 Å². The fraction of sp³-hybridized carbons (Fsp3) is 0.455. The Morgan fingerprint density at radius 1 is 1.64 bits per heavy atom. The average molecular weight is 208 g/mol. The molecule has 3 heteroatoms. The van der Waals surface area contributed by atoms with E-state index in [4.69, 9.17) is 12.2 Å². The van der Waals surface area contributed by atoms with Gasteiger partial charge in [-0.1, -0.05) is 31.6 Å². The van der Waals surface area contributed by atoms with Gasteiger partial charge in [0, 0.05) is 19.4 Å². The Hall–Kier alpha value is -0.960. The summed E-state index contributed by atoms with van der Waals surface area (Å²) in [5.74, 6) is 0. The molecule has 14 heavy (non-hydrogen) atoms. The summed E-state index contributed by atoms with van der Waals surface area (Å²) in [6.45, 7) is 2.18. The van der Waals surface area contributed by atoms with Crippen molar-refractivity contribution >= 4 is 17.7 Å². The molecule has 1 heterocycles. The molecule has 0 bridgehead atoms. The van der Waals surface area contributed by atoms with Crippen LogP contribution >= 0.6 is 12.2 Å². The topological polar surface area (TPSA) is 16.1 Å². The van der Waals surface area contributed by atoms with Gasteiger partial charge in [-0.25, -0.2) is 0 Å². The molecule has 0 saturated heterocycles. The lowest BCUT2D eigenvalue weighted by atomic mass is 10.0. The highest BCUT2D eigenvalue weighted by Crippen LogP contribution is 2.22. The molecule has 0 aromatic carbocycles. The van der Waals surface area contributed by atoms with Crippen molar-refractivity contribution in [3.8, 4) is 0 Å². The monoisotopic (exact) mass is 208 g/mol. The normalized spacial score (nSPS) is 12.1. The third-order valence-corrected chi connectivity index (χ3v) is 2.62. The van der Waals surface area contributed by atoms with E-state index in [-0.39, 0.29) is 0 Å². The van der Waals surface area contributed by atoms with Crippen molar-refractivity contribution in [1.82, 2.24) is 9.88 Å². The van der Waals surface area contributed by atoms with Gasteiger partial charge in [0.2, 0.25) is 0 Å². The second-order valence-corrected chi connectivity index (χ2v) is 3.57. The SMILES string of the molecule is CCCC(c1cccnc1)N(C)C=S. The standard InChI is InChI=1S/C11H16N2S/c1-3-5-11(13(2)9-14)10-6-4-7-12-8-10/h4,6-9,11H,3,5H2,1-2H3. The predicted octanol–water partition coefficient (Wildman–Crippen LogP) is 2.81. The smallest absolute Gasteiger partial charge is 0.0643 e. The molecule has 0 spiro atoms. The molecular weight excluding hydrogens is 192 g/mol. The van der Waals surface area contributed by atoms with Gasteiger partial charge in [0.1, 0.15) is 0 Å². The summed E-state index contributed by atoms with van der Waals surface area (Å²) in [5, 5.41) is 0. The van der Waals surface area contributed by atoms with E-state index in [2.05, 4.69) is 22.9 Å². The second-order valence-electron chi connectivity index (χ2n) is 3.36. The Bertz CT molecular complexity index is 274. The molecule has 0 aliphatic carbocycles. The van der Waals surface area contributed by atoms with Gasteiger partial charge in [-0.05, 0) is 18.1 Å². The van der Waals surface area contributed by atoms with Crippen LogP contribution in [0, 0.1) is 0 Å². The van der Waals surface area contributed by atoms with Crippen molar-refractivity contribution < 1.29 is 0 Å². The minimum atomic E-state index is 0.367. The first-order valence-corrected chi connectivity index (χ1v) is 5.34. The molecule has 0 saturated carbocycles. The maximum atomic E-state index is 4.95. The minimum absolute atomic E-state index is 0.367. The molecule has 76 valence electrons. The molecule has 0 aliphatic rings. The Morgan fingerprint density at radius 2 is 2.43 bits per heavy atom. The van der Waals surface area contributed by atoms with Crippen LogP contribution in [0.4, 0.5) is 0 Å². The van der Waals surface area contributed by atoms with Crippen molar-refractivity contribution in [2.75, 3.05) is 7.05 Å². The van der Waals surface area contributed by atoms with E-state index >= 15 is 0 Å². The van der Waals surface area contributed by atoms with Crippen molar-refractivity contribution in [3.63, 3.8) is 0 Å². The maximum absolute atomic E-state index is 4.95. The first-order valence-electron chi connectivity index (χ1n) is 4.86. The predicted molar refractivity (Wildman–Crippen MR) is 63.3 cm³/mol. The average Bonchev–Trinajstić information content (AvgIpc) is 2.26. The summed E-state index contributed by atoms with van der Waals surface area (Å²) < 4.78 is 0. The fourth-order valence-electron chi connectivity index (χ4n) is 1.53. The summed E-state index contributed by atoms with van der Waals surface area (Å²) in [6.07, 6.45) is 5.96. The lowest BCUT2D eigenvalue weighted by molar-refractivity contribution is 0.364. The highest BCUT2D eigenvalue weighted by Gasteiger charge is 2.13. The molecule has 0 amide bonds. The number of thiocarbonyl (C=S) groups is 1. The van der Waals surface area contributed by atoms with Crippen LogP contribution in [0.25, 0.3) is 0 Å². The minimum Gasteiger partial charge on any atom is -0.365 e. The summed E-state index contributed by atoms with van der Waals surface area (Å²) in [5.41, 5.74) is 2.94. The van der Waals surface area contributed by atoms with E-state index in [9.17, 15) is 0 Å². The lowest BCUT2D eigenvalue weighted by Gasteiger charge is -2.25. The Balaban J connectivity index is 2.82. The molecule has 0 aliphatic heterocycles. The van der Waals surface area contributed by atoms with Crippen molar-refractivity contribution in [1.29, 1.82) is 0 Å². The highest BCUT2D eigenvalue weighted by molar-refractivity contribution is 7.78. The van der Waals surface area contributed by atoms with E-state index in [1.54, 1.807) is 11.7 Å². The molecular formula is C11H16N2S. The summed E-state index contributed by atoms with van der Waals surface area (Å²) in [4.78, 5) is 6.20. The highest BCUT2D eigenvalue weighted by atomic mass is 32.1. The summed E-state index contributed by atoms with van der Waals surface area (Å²) in [6, 6.07) is 4.43. The Kier molecular flexibility index (Phi) is 4.53. The molecule has 0 N–H and O–H groups in total. The largest absolute Gasteiger partial charge is 0.365 e. The van der Waals surface area contributed by atoms with E-state index in [1.165, 1.54) is 5.56 Å². The summed E-state index contributed by atoms with van der Waals surface area (Å²) >= 11 is 4.95. The number of hydrogen-bond acceptors (Lipinski definition) is 2. The van der Waals surface area contributed by atoms with Gasteiger partial charge in [0.25, 0.3) is 0 Å². The van der Waals surface area contributed by atoms with Crippen LogP contribution < -0.4 is 0 Å². The first kappa shape index (κ1) is 11.1. The van der Waals surface area contributed by atoms with Crippen molar-refractivity contribution in [3.05, 3.63) is 30.1 Å². The van der Waals surface area contributed by atoms with Crippen LogP contribution in [-0.4, -0.2) is 22.4 Å². The van der Waals surface area contributed by atoms with Gasteiger partial charge >= 0.3 is 0 Å². The van der Waals surface area contributed by atoms with Gasteiger partial charge < -0.3 is 4.90 Å². The number of pyridine rings is 1. The molecule has 1 unspecified atom stereocenters. The zero-order chi connectivity index (χ0) is 10.4. The quantitative estimate of drug-likeness (QED) is 0.692.